The lowest BCUT2D eigenvalue weighted by Gasteiger charge is -2.24. The molecule has 128 valence electrons. The van der Waals surface area contributed by atoms with Gasteiger partial charge in [0.05, 0.1) is 12.1 Å². The van der Waals surface area contributed by atoms with Gasteiger partial charge in [0, 0.05) is 18.2 Å². The number of hydrogen-bond donors (Lipinski definition) is 3. The number of halogens is 2. The highest BCUT2D eigenvalue weighted by Crippen LogP contribution is 2.26. The molecular formula is C17H24F2N2O2. The van der Waals surface area contributed by atoms with Gasteiger partial charge in [-0.2, -0.15) is 0 Å². The van der Waals surface area contributed by atoms with Gasteiger partial charge in [0.25, 0.3) is 0 Å². The van der Waals surface area contributed by atoms with E-state index in [0.29, 0.717) is 13.0 Å². The van der Waals surface area contributed by atoms with Crippen molar-refractivity contribution >= 4 is 6.03 Å². The molecule has 1 aromatic carbocycles. The van der Waals surface area contributed by atoms with Crippen LogP contribution < -0.4 is 10.6 Å². The highest BCUT2D eigenvalue weighted by molar-refractivity contribution is 5.74. The molecule has 1 aromatic rings. The third kappa shape index (κ3) is 4.89. The van der Waals surface area contributed by atoms with Crippen LogP contribution in [-0.2, 0) is 0 Å². The van der Waals surface area contributed by atoms with E-state index in [1.54, 1.807) is 0 Å². The lowest BCUT2D eigenvalue weighted by molar-refractivity contribution is 0.177. The van der Waals surface area contributed by atoms with E-state index in [4.69, 9.17) is 0 Å². The Morgan fingerprint density at radius 3 is 2.65 bits per heavy atom. The molecule has 6 heteroatoms. The molecule has 0 heterocycles. The van der Waals surface area contributed by atoms with E-state index in [1.165, 1.54) is 12.1 Å². The summed E-state index contributed by atoms with van der Waals surface area (Å²) in [7, 11) is 0. The molecule has 1 fully saturated rings. The molecule has 2 amide bonds. The lowest BCUT2D eigenvalue weighted by Crippen LogP contribution is -2.41. The minimum Gasteiger partial charge on any atom is -0.393 e. The van der Waals surface area contributed by atoms with Crippen LogP contribution in [0.15, 0.2) is 18.2 Å². The number of benzene rings is 1. The zero-order valence-corrected chi connectivity index (χ0v) is 13.5. The summed E-state index contributed by atoms with van der Waals surface area (Å²) in [4.78, 5) is 12.1. The number of carbonyl (C=O) groups is 1. The van der Waals surface area contributed by atoms with E-state index in [1.807, 2.05) is 13.8 Å². The van der Waals surface area contributed by atoms with E-state index in [9.17, 15) is 18.7 Å². The van der Waals surface area contributed by atoms with Crippen molar-refractivity contribution in [2.75, 3.05) is 6.54 Å². The third-order valence-electron chi connectivity index (χ3n) is 4.32. The SMILES string of the molecule is CC(C)[C@H](NC(=O)NC[C@@H]1CC[C@H](O)C1)c1ccc(F)cc1F. The molecule has 0 saturated heterocycles. The van der Waals surface area contributed by atoms with Gasteiger partial charge in [0.1, 0.15) is 11.6 Å². The normalized spacial score (nSPS) is 22.2. The molecule has 2 rings (SSSR count). The largest absolute Gasteiger partial charge is 0.393 e. The summed E-state index contributed by atoms with van der Waals surface area (Å²) in [5.41, 5.74) is 0.271. The zero-order chi connectivity index (χ0) is 17.0. The van der Waals surface area contributed by atoms with Crippen molar-refractivity contribution < 1.29 is 18.7 Å². The predicted octanol–water partition coefficient (Wildman–Crippen LogP) is 3.12. The Bertz CT molecular complexity index is 551. The van der Waals surface area contributed by atoms with Gasteiger partial charge in [-0.3, -0.25) is 0 Å². The standard InChI is InChI=1S/C17H24F2N2O2/c1-10(2)16(14-6-4-12(18)8-15(14)19)21-17(23)20-9-11-3-5-13(22)7-11/h4,6,8,10-11,13,16,22H,3,5,7,9H2,1-2H3,(H2,20,21,23)/t11-,13+,16+/m1/s1. The van der Waals surface area contributed by atoms with Gasteiger partial charge in [-0.15, -0.1) is 0 Å². The van der Waals surface area contributed by atoms with Crippen molar-refractivity contribution in [1.82, 2.24) is 10.6 Å². The predicted molar refractivity (Wildman–Crippen MR) is 83.8 cm³/mol. The van der Waals surface area contributed by atoms with E-state index in [2.05, 4.69) is 10.6 Å². The molecule has 4 nitrogen and oxygen atoms in total. The summed E-state index contributed by atoms with van der Waals surface area (Å²) in [6, 6.07) is 2.46. The average molecular weight is 326 g/mol. The number of hydrogen-bond acceptors (Lipinski definition) is 2. The summed E-state index contributed by atoms with van der Waals surface area (Å²) in [5, 5.41) is 15.0. The number of nitrogens with one attached hydrogen (secondary N) is 2. The van der Waals surface area contributed by atoms with Crippen LogP contribution >= 0.6 is 0 Å². The minimum absolute atomic E-state index is 0.0472. The fourth-order valence-corrected chi connectivity index (χ4v) is 3.02. The van der Waals surface area contributed by atoms with Crippen LogP contribution in [0.5, 0.6) is 0 Å². The van der Waals surface area contributed by atoms with Crippen LogP contribution in [0, 0.1) is 23.5 Å². The molecule has 0 unspecified atom stereocenters. The number of urea groups is 1. The van der Waals surface area contributed by atoms with E-state index < -0.39 is 17.7 Å². The van der Waals surface area contributed by atoms with Crippen LogP contribution in [0.25, 0.3) is 0 Å². The Morgan fingerprint density at radius 1 is 1.35 bits per heavy atom. The maximum atomic E-state index is 13.9. The van der Waals surface area contributed by atoms with Crippen LogP contribution in [0.2, 0.25) is 0 Å². The maximum Gasteiger partial charge on any atom is 0.315 e. The van der Waals surface area contributed by atoms with Crippen LogP contribution in [0.1, 0.15) is 44.7 Å². The average Bonchev–Trinajstić information content (AvgIpc) is 2.89. The van der Waals surface area contributed by atoms with E-state index in [-0.39, 0.29) is 29.5 Å². The summed E-state index contributed by atoms with van der Waals surface area (Å²) in [6.07, 6.45) is 2.08. The Morgan fingerprint density at radius 2 is 2.09 bits per heavy atom. The molecule has 0 aromatic heterocycles. The second kappa shape index (κ2) is 7.73. The lowest BCUT2D eigenvalue weighted by atomic mass is 9.95. The summed E-state index contributed by atoms with van der Waals surface area (Å²) >= 11 is 0. The van der Waals surface area contributed by atoms with Gasteiger partial charge in [0.2, 0.25) is 0 Å². The number of aliphatic hydroxyl groups excluding tert-OH is 1. The topological polar surface area (TPSA) is 61.4 Å². The zero-order valence-electron chi connectivity index (χ0n) is 13.5. The number of carbonyl (C=O) groups excluding carboxylic acids is 1. The van der Waals surface area contributed by atoms with Crippen molar-refractivity contribution in [3.63, 3.8) is 0 Å². The van der Waals surface area contributed by atoms with Gasteiger partial charge >= 0.3 is 6.03 Å². The Labute approximate surface area is 135 Å². The first-order valence-electron chi connectivity index (χ1n) is 8.04. The van der Waals surface area contributed by atoms with Crippen LogP contribution in [0.3, 0.4) is 0 Å². The molecule has 0 aliphatic heterocycles. The molecule has 1 saturated carbocycles. The van der Waals surface area contributed by atoms with Gasteiger partial charge in [-0.25, -0.2) is 13.6 Å². The molecule has 3 N–H and O–H groups in total. The molecule has 0 bridgehead atoms. The Hall–Kier alpha value is -1.69. The van der Waals surface area contributed by atoms with Crippen molar-refractivity contribution in [2.24, 2.45) is 11.8 Å². The molecule has 1 aliphatic rings. The first kappa shape index (κ1) is 17.7. The van der Waals surface area contributed by atoms with E-state index >= 15 is 0 Å². The maximum absolute atomic E-state index is 13.9. The summed E-state index contributed by atoms with van der Waals surface area (Å²) in [6.45, 7) is 4.21. The highest BCUT2D eigenvalue weighted by Gasteiger charge is 2.25. The van der Waals surface area contributed by atoms with Crippen LogP contribution in [0.4, 0.5) is 13.6 Å². The molecule has 1 aliphatic carbocycles. The fraction of sp³-hybridized carbons (Fsp3) is 0.588. The number of aliphatic hydroxyl groups is 1. The number of rotatable bonds is 5. The van der Waals surface area contributed by atoms with Gasteiger partial charge in [0.15, 0.2) is 0 Å². The van der Waals surface area contributed by atoms with Gasteiger partial charge < -0.3 is 15.7 Å². The minimum atomic E-state index is -0.664. The fourth-order valence-electron chi connectivity index (χ4n) is 3.02. The molecule has 23 heavy (non-hydrogen) atoms. The second-order valence-corrected chi connectivity index (χ2v) is 6.57. The van der Waals surface area contributed by atoms with Crippen molar-refractivity contribution in [3.8, 4) is 0 Å². The van der Waals surface area contributed by atoms with Crippen molar-refractivity contribution in [1.29, 1.82) is 0 Å². The molecule has 0 radical (unpaired) electrons. The van der Waals surface area contributed by atoms with Crippen molar-refractivity contribution in [3.05, 3.63) is 35.4 Å². The molecule has 3 atom stereocenters. The van der Waals surface area contributed by atoms with E-state index in [0.717, 1.165) is 18.9 Å². The van der Waals surface area contributed by atoms with Crippen LogP contribution in [-0.4, -0.2) is 23.8 Å². The summed E-state index contributed by atoms with van der Waals surface area (Å²) in [5.74, 6) is -1.08. The Balaban J connectivity index is 1.94. The monoisotopic (exact) mass is 326 g/mol. The quantitative estimate of drug-likeness (QED) is 0.778. The smallest absolute Gasteiger partial charge is 0.315 e. The third-order valence-corrected chi connectivity index (χ3v) is 4.32. The number of amides is 2. The van der Waals surface area contributed by atoms with Gasteiger partial charge in [-0.05, 0) is 37.2 Å². The summed E-state index contributed by atoms with van der Waals surface area (Å²) < 4.78 is 27.0. The molecular weight excluding hydrogens is 302 g/mol. The van der Waals surface area contributed by atoms with Gasteiger partial charge in [-0.1, -0.05) is 19.9 Å². The Kier molecular flexibility index (Phi) is 5.93. The first-order valence-corrected chi connectivity index (χ1v) is 8.04. The highest BCUT2D eigenvalue weighted by atomic mass is 19.1. The van der Waals surface area contributed by atoms with Crippen molar-refractivity contribution in [2.45, 2.75) is 45.3 Å². The first-order chi connectivity index (χ1) is 10.9. The second-order valence-electron chi connectivity index (χ2n) is 6.57. The molecule has 0 spiro atoms.